The van der Waals surface area contributed by atoms with E-state index in [0.29, 0.717) is 12.8 Å². The van der Waals surface area contributed by atoms with Crippen molar-refractivity contribution in [2.45, 2.75) is 25.2 Å². The van der Waals surface area contributed by atoms with Gasteiger partial charge in [0.25, 0.3) is 0 Å². The molecule has 2 aliphatic rings. The predicted molar refractivity (Wildman–Crippen MR) is 76.9 cm³/mol. The van der Waals surface area contributed by atoms with Crippen LogP contribution in [-0.4, -0.2) is 33.0 Å². The van der Waals surface area contributed by atoms with Crippen LogP contribution in [0.1, 0.15) is 30.7 Å². The maximum Gasteiger partial charge on any atom is 0.150 e. The van der Waals surface area contributed by atoms with Crippen LogP contribution >= 0.6 is 0 Å². The number of halogens is 1. The molecule has 1 aromatic carbocycles. The molecule has 0 radical (unpaired) electrons. The van der Waals surface area contributed by atoms with Crippen LogP contribution in [0, 0.1) is 11.2 Å². The molecule has 0 amide bonds. The topological polar surface area (TPSA) is 46.2 Å². The van der Waals surface area contributed by atoms with Crippen LogP contribution in [0.25, 0.3) is 0 Å². The third kappa shape index (κ3) is 2.61. The summed E-state index contributed by atoms with van der Waals surface area (Å²) in [4.78, 5) is 0. The average Bonchev–Trinajstić information content (AvgIpc) is 2.43. The van der Waals surface area contributed by atoms with Gasteiger partial charge in [0.2, 0.25) is 0 Å². The predicted octanol–water partition coefficient (Wildman–Crippen LogP) is 2.10. The Labute approximate surface area is 119 Å². The van der Waals surface area contributed by atoms with E-state index in [-0.39, 0.29) is 28.7 Å². The Morgan fingerprint density at radius 2 is 1.95 bits per heavy atom. The van der Waals surface area contributed by atoms with E-state index in [9.17, 15) is 12.8 Å². The molecule has 1 aromatic rings. The molecule has 2 aliphatic heterocycles. The lowest BCUT2D eigenvalue weighted by Gasteiger charge is -2.47. The zero-order valence-electron chi connectivity index (χ0n) is 11.4. The van der Waals surface area contributed by atoms with Gasteiger partial charge in [0.05, 0.1) is 11.5 Å². The molecule has 20 heavy (non-hydrogen) atoms. The van der Waals surface area contributed by atoms with Gasteiger partial charge >= 0.3 is 0 Å². The summed E-state index contributed by atoms with van der Waals surface area (Å²) in [7, 11) is -2.87. The zero-order chi connectivity index (χ0) is 14.2. The van der Waals surface area contributed by atoms with E-state index in [1.54, 1.807) is 12.1 Å². The minimum absolute atomic E-state index is 0.0182. The van der Waals surface area contributed by atoms with Crippen molar-refractivity contribution in [3.05, 3.63) is 35.6 Å². The molecule has 0 aliphatic carbocycles. The van der Waals surface area contributed by atoms with Crippen molar-refractivity contribution >= 4 is 9.84 Å². The quantitative estimate of drug-likeness (QED) is 0.863. The number of benzene rings is 1. The van der Waals surface area contributed by atoms with Crippen molar-refractivity contribution < 1.29 is 12.8 Å². The van der Waals surface area contributed by atoms with Crippen LogP contribution < -0.4 is 5.32 Å². The fourth-order valence-electron chi connectivity index (χ4n) is 3.71. The average molecular weight is 297 g/mol. The molecule has 0 saturated carbocycles. The molecule has 1 unspecified atom stereocenters. The van der Waals surface area contributed by atoms with Crippen molar-refractivity contribution in [3.63, 3.8) is 0 Å². The molecule has 2 heterocycles. The van der Waals surface area contributed by atoms with Crippen molar-refractivity contribution in [1.82, 2.24) is 5.32 Å². The van der Waals surface area contributed by atoms with E-state index in [0.717, 1.165) is 25.1 Å². The monoisotopic (exact) mass is 297 g/mol. The van der Waals surface area contributed by atoms with Crippen molar-refractivity contribution in [2.24, 2.45) is 5.41 Å². The Balaban J connectivity index is 1.92. The molecule has 110 valence electrons. The Hall–Kier alpha value is -0.940. The summed E-state index contributed by atoms with van der Waals surface area (Å²) < 4.78 is 36.9. The maximum absolute atomic E-state index is 13.5. The molecule has 3 rings (SSSR count). The summed E-state index contributed by atoms with van der Waals surface area (Å²) in [6.07, 6.45) is 2.39. The van der Waals surface area contributed by atoms with Gasteiger partial charge in [0.15, 0.2) is 0 Å². The Kier molecular flexibility index (Phi) is 3.58. The van der Waals surface area contributed by atoms with Crippen LogP contribution in [-0.2, 0) is 9.84 Å². The van der Waals surface area contributed by atoms with E-state index in [1.807, 2.05) is 6.07 Å². The number of hydrogen-bond donors (Lipinski definition) is 1. The summed E-state index contributed by atoms with van der Waals surface area (Å²) in [5.74, 6) is 0.548. The standard InChI is InChI=1S/C15H20FNO2S/c16-13-3-1-2-12(10-13)14-11-17-7-4-15(14)5-8-20(18,19)9-6-15/h1-3,10,14,17H,4-9,11H2. The highest BCUT2D eigenvalue weighted by Crippen LogP contribution is 2.48. The minimum Gasteiger partial charge on any atom is -0.316 e. The van der Waals surface area contributed by atoms with Gasteiger partial charge in [0.1, 0.15) is 15.7 Å². The Morgan fingerprint density at radius 3 is 2.65 bits per heavy atom. The second-order valence-corrected chi connectivity index (χ2v) is 8.38. The first-order valence-corrected chi connectivity index (χ1v) is 9.00. The van der Waals surface area contributed by atoms with Crippen LogP contribution in [0.15, 0.2) is 24.3 Å². The highest BCUT2D eigenvalue weighted by atomic mass is 32.2. The molecule has 1 N–H and O–H groups in total. The van der Waals surface area contributed by atoms with Gasteiger partial charge in [-0.3, -0.25) is 0 Å². The summed E-state index contributed by atoms with van der Waals surface area (Å²) in [5.41, 5.74) is 1.01. The Bertz CT molecular complexity index is 586. The molecule has 0 aromatic heterocycles. The lowest BCUT2D eigenvalue weighted by atomic mass is 9.64. The second-order valence-electron chi connectivity index (χ2n) is 6.08. The summed E-state index contributed by atoms with van der Waals surface area (Å²) in [6.45, 7) is 1.73. The molecular formula is C15H20FNO2S. The maximum atomic E-state index is 13.5. The van der Waals surface area contributed by atoms with Crippen LogP contribution in [0.4, 0.5) is 4.39 Å². The summed E-state index contributed by atoms with van der Waals surface area (Å²) >= 11 is 0. The zero-order valence-corrected chi connectivity index (χ0v) is 12.3. The van der Waals surface area contributed by atoms with E-state index in [2.05, 4.69) is 5.32 Å². The van der Waals surface area contributed by atoms with Crippen LogP contribution in [0.5, 0.6) is 0 Å². The van der Waals surface area contributed by atoms with E-state index in [1.165, 1.54) is 6.07 Å². The molecule has 5 heteroatoms. The molecular weight excluding hydrogens is 277 g/mol. The Morgan fingerprint density at radius 1 is 1.20 bits per heavy atom. The fraction of sp³-hybridized carbons (Fsp3) is 0.600. The molecule has 2 saturated heterocycles. The van der Waals surface area contributed by atoms with Crippen molar-refractivity contribution in [3.8, 4) is 0 Å². The highest BCUT2D eigenvalue weighted by Gasteiger charge is 2.45. The molecule has 1 atom stereocenters. The largest absolute Gasteiger partial charge is 0.316 e. The van der Waals surface area contributed by atoms with Gasteiger partial charge in [-0.05, 0) is 48.9 Å². The number of hydrogen-bond acceptors (Lipinski definition) is 3. The number of piperidine rings is 1. The highest BCUT2D eigenvalue weighted by molar-refractivity contribution is 7.91. The second kappa shape index (κ2) is 5.11. The first-order chi connectivity index (χ1) is 9.51. The fourth-order valence-corrected chi connectivity index (χ4v) is 5.35. The number of nitrogens with one attached hydrogen (secondary N) is 1. The van der Waals surface area contributed by atoms with E-state index < -0.39 is 9.84 Å². The summed E-state index contributed by atoms with van der Waals surface area (Å²) in [5, 5.41) is 3.37. The van der Waals surface area contributed by atoms with E-state index >= 15 is 0 Å². The molecule has 1 spiro atoms. The van der Waals surface area contributed by atoms with Gasteiger partial charge in [-0.2, -0.15) is 0 Å². The van der Waals surface area contributed by atoms with Gasteiger partial charge in [-0.15, -0.1) is 0 Å². The first kappa shape index (κ1) is 14.0. The summed E-state index contributed by atoms with van der Waals surface area (Å²) in [6, 6.07) is 6.76. The van der Waals surface area contributed by atoms with Crippen LogP contribution in [0.2, 0.25) is 0 Å². The van der Waals surface area contributed by atoms with Gasteiger partial charge < -0.3 is 5.32 Å². The normalized spacial score (nSPS) is 28.4. The van der Waals surface area contributed by atoms with Gasteiger partial charge in [0, 0.05) is 12.5 Å². The molecule has 2 fully saturated rings. The third-order valence-electron chi connectivity index (χ3n) is 4.96. The van der Waals surface area contributed by atoms with E-state index in [4.69, 9.17) is 0 Å². The van der Waals surface area contributed by atoms with Crippen molar-refractivity contribution in [1.29, 1.82) is 0 Å². The lowest BCUT2D eigenvalue weighted by molar-refractivity contribution is 0.144. The SMILES string of the molecule is O=S1(=O)CCC2(CCNCC2c2cccc(F)c2)CC1. The first-order valence-electron chi connectivity index (χ1n) is 7.17. The van der Waals surface area contributed by atoms with Crippen molar-refractivity contribution in [2.75, 3.05) is 24.6 Å². The van der Waals surface area contributed by atoms with Crippen LogP contribution in [0.3, 0.4) is 0 Å². The van der Waals surface area contributed by atoms with Gasteiger partial charge in [-0.25, -0.2) is 12.8 Å². The molecule has 0 bridgehead atoms. The number of rotatable bonds is 1. The number of sulfone groups is 1. The molecule has 3 nitrogen and oxygen atoms in total. The lowest BCUT2D eigenvalue weighted by Crippen LogP contribution is -2.47. The third-order valence-corrected chi connectivity index (χ3v) is 6.61. The minimum atomic E-state index is -2.87. The smallest absolute Gasteiger partial charge is 0.150 e. The van der Waals surface area contributed by atoms with Gasteiger partial charge in [-0.1, -0.05) is 12.1 Å².